The van der Waals surface area contributed by atoms with Crippen LogP contribution in [0.3, 0.4) is 0 Å². The van der Waals surface area contributed by atoms with Crippen LogP contribution in [0.25, 0.3) is 0 Å². The van der Waals surface area contributed by atoms with Gasteiger partial charge in [0.1, 0.15) is 10.0 Å². The van der Waals surface area contributed by atoms with E-state index in [0.717, 1.165) is 31.2 Å². The van der Waals surface area contributed by atoms with E-state index in [2.05, 4.69) is 15.9 Å². The van der Waals surface area contributed by atoms with Gasteiger partial charge in [-0.25, -0.2) is 8.42 Å². The van der Waals surface area contributed by atoms with Gasteiger partial charge in [-0.15, -0.1) is 0 Å². The van der Waals surface area contributed by atoms with Gasteiger partial charge in [0.15, 0.2) is 0 Å². The van der Waals surface area contributed by atoms with Gasteiger partial charge >= 0.3 is 0 Å². The summed E-state index contributed by atoms with van der Waals surface area (Å²) in [7, 11) is -2.13. The van der Waals surface area contributed by atoms with Gasteiger partial charge in [0.25, 0.3) is 10.0 Å². The van der Waals surface area contributed by atoms with Gasteiger partial charge in [0, 0.05) is 7.05 Å². The number of hydrogen-bond acceptors (Lipinski definition) is 3. The quantitative estimate of drug-likeness (QED) is 0.934. The number of anilines is 1. The predicted molar refractivity (Wildman–Crippen MR) is 86.8 cm³/mol. The molecule has 1 aliphatic rings. The molecule has 1 N–H and O–H groups in total. The molecule has 0 unspecified atom stereocenters. The first kappa shape index (κ1) is 15.4. The minimum atomic E-state index is -3.75. The van der Waals surface area contributed by atoms with Crippen LogP contribution in [-0.2, 0) is 29.9 Å². The van der Waals surface area contributed by atoms with Gasteiger partial charge in [-0.3, -0.25) is 9.40 Å². The molecular formula is C15H18ClN3O2S. The third kappa shape index (κ3) is 2.61. The molecule has 1 heterocycles. The monoisotopic (exact) mass is 339 g/mol. The largest absolute Gasteiger partial charge is 0.279 e. The Morgan fingerprint density at radius 3 is 2.68 bits per heavy atom. The second-order valence-corrected chi connectivity index (χ2v) is 7.56. The van der Waals surface area contributed by atoms with Crippen molar-refractivity contribution in [1.82, 2.24) is 9.78 Å². The maximum Gasteiger partial charge on any atom is 0.266 e. The van der Waals surface area contributed by atoms with E-state index in [-0.39, 0.29) is 10.0 Å². The Morgan fingerprint density at radius 2 is 2.00 bits per heavy atom. The van der Waals surface area contributed by atoms with Gasteiger partial charge < -0.3 is 0 Å². The number of sulfonamides is 1. The van der Waals surface area contributed by atoms with E-state index in [9.17, 15) is 8.42 Å². The summed E-state index contributed by atoms with van der Waals surface area (Å²) in [5.74, 6) is 0. The summed E-state index contributed by atoms with van der Waals surface area (Å²) in [4.78, 5) is 0.0464. The average Bonchev–Trinajstić information content (AvgIpc) is 2.72. The summed E-state index contributed by atoms with van der Waals surface area (Å²) < 4.78 is 29.4. The third-order valence-corrected chi connectivity index (χ3v) is 6.07. The molecule has 0 fully saturated rings. The molecule has 0 saturated carbocycles. The van der Waals surface area contributed by atoms with E-state index in [1.54, 1.807) is 20.0 Å². The van der Waals surface area contributed by atoms with Crippen molar-refractivity contribution in [2.75, 3.05) is 4.72 Å². The van der Waals surface area contributed by atoms with Gasteiger partial charge in [0.2, 0.25) is 0 Å². The standard InChI is InChI=1S/C15H18ClN3O2S/c1-10-14(15(16)19(2)17-10)22(20,21)18-13-9-5-7-11-6-3-4-8-12(11)13/h5,7,9,18H,3-4,6,8H2,1-2H3. The number of aromatic nitrogens is 2. The first-order chi connectivity index (χ1) is 10.4. The molecule has 118 valence electrons. The van der Waals surface area contributed by atoms with Crippen molar-refractivity contribution in [3.05, 3.63) is 40.2 Å². The van der Waals surface area contributed by atoms with Crippen LogP contribution in [-0.4, -0.2) is 18.2 Å². The lowest BCUT2D eigenvalue weighted by molar-refractivity contribution is 0.600. The lowest BCUT2D eigenvalue weighted by Crippen LogP contribution is -2.17. The van der Waals surface area contributed by atoms with Crippen LogP contribution < -0.4 is 4.72 Å². The van der Waals surface area contributed by atoms with Gasteiger partial charge in [-0.1, -0.05) is 23.7 Å². The fourth-order valence-electron chi connectivity index (χ4n) is 2.99. The highest BCUT2D eigenvalue weighted by atomic mass is 35.5. The number of fused-ring (bicyclic) bond motifs is 1. The molecule has 0 spiro atoms. The van der Waals surface area contributed by atoms with Crippen molar-refractivity contribution >= 4 is 27.3 Å². The summed E-state index contributed by atoms with van der Waals surface area (Å²) >= 11 is 6.09. The molecule has 1 aliphatic carbocycles. The Morgan fingerprint density at radius 1 is 1.27 bits per heavy atom. The van der Waals surface area contributed by atoms with E-state index in [0.29, 0.717) is 11.4 Å². The smallest absolute Gasteiger partial charge is 0.266 e. The summed E-state index contributed by atoms with van der Waals surface area (Å²) in [5, 5.41) is 4.19. The zero-order valence-corrected chi connectivity index (χ0v) is 14.1. The van der Waals surface area contributed by atoms with Crippen LogP contribution in [0.2, 0.25) is 5.15 Å². The summed E-state index contributed by atoms with van der Waals surface area (Å²) in [5.41, 5.74) is 3.36. The number of nitrogens with one attached hydrogen (secondary N) is 1. The lowest BCUT2D eigenvalue weighted by atomic mass is 9.91. The highest BCUT2D eigenvalue weighted by Crippen LogP contribution is 2.31. The molecule has 0 atom stereocenters. The zero-order valence-electron chi connectivity index (χ0n) is 12.6. The second kappa shape index (κ2) is 5.59. The van der Waals surface area contributed by atoms with Crippen LogP contribution in [0.1, 0.15) is 29.7 Å². The van der Waals surface area contributed by atoms with Crippen LogP contribution in [0.4, 0.5) is 5.69 Å². The third-order valence-electron chi connectivity index (χ3n) is 4.01. The molecule has 0 aliphatic heterocycles. The lowest BCUT2D eigenvalue weighted by Gasteiger charge is -2.20. The number of benzene rings is 1. The van der Waals surface area contributed by atoms with Crippen LogP contribution >= 0.6 is 11.6 Å². The average molecular weight is 340 g/mol. The fraction of sp³-hybridized carbons (Fsp3) is 0.400. The molecule has 22 heavy (non-hydrogen) atoms. The predicted octanol–water partition coefficient (Wildman–Crippen LogP) is 3.06. The summed E-state index contributed by atoms with van der Waals surface area (Å²) in [6, 6.07) is 5.76. The van der Waals surface area contributed by atoms with Crippen LogP contribution in [0, 0.1) is 6.92 Å². The van der Waals surface area contributed by atoms with Gasteiger partial charge in [-0.05, 0) is 49.8 Å². The fourth-order valence-corrected chi connectivity index (χ4v) is 4.83. The minimum absolute atomic E-state index is 0.0464. The summed E-state index contributed by atoms with van der Waals surface area (Å²) in [6.07, 6.45) is 4.13. The van der Waals surface area contributed by atoms with Crippen LogP contribution in [0.5, 0.6) is 0 Å². The molecule has 3 rings (SSSR count). The van der Waals surface area contributed by atoms with Crippen molar-refractivity contribution in [2.45, 2.75) is 37.5 Å². The van der Waals surface area contributed by atoms with E-state index in [4.69, 9.17) is 11.6 Å². The number of halogens is 1. The molecule has 0 saturated heterocycles. The second-order valence-electron chi connectivity index (χ2n) is 5.58. The number of aryl methyl sites for hydroxylation is 3. The minimum Gasteiger partial charge on any atom is -0.279 e. The number of hydrogen-bond donors (Lipinski definition) is 1. The van der Waals surface area contributed by atoms with Crippen molar-refractivity contribution < 1.29 is 8.42 Å². The van der Waals surface area contributed by atoms with Crippen LogP contribution in [0.15, 0.2) is 23.1 Å². The molecule has 0 radical (unpaired) electrons. The van der Waals surface area contributed by atoms with Crippen molar-refractivity contribution in [2.24, 2.45) is 7.05 Å². The Hall–Kier alpha value is -1.53. The van der Waals surface area contributed by atoms with E-state index in [1.165, 1.54) is 10.2 Å². The molecule has 0 amide bonds. The molecule has 2 aromatic rings. The topological polar surface area (TPSA) is 64.0 Å². The highest BCUT2D eigenvalue weighted by Gasteiger charge is 2.26. The molecule has 1 aromatic carbocycles. The molecule has 1 aromatic heterocycles. The Kier molecular flexibility index (Phi) is 3.91. The number of rotatable bonds is 3. The highest BCUT2D eigenvalue weighted by molar-refractivity contribution is 7.92. The first-order valence-corrected chi connectivity index (χ1v) is 9.09. The molecule has 5 nitrogen and oxygen atoms in total. The van der Waals surface area contributed by atoms with E-state index >= 15 is 0 Å². The number of nitrogens with zero attached hydrogens (tertiary/aromatic N) is 2. The van der Waals surface area contributed by atoms with E-state index in [1.807, 2.05) is 6.07 Å². The van der Waals surface area contributed by atoms with Gasteiger partial charge in [0.05, 0.1) is 11.4 Å². The Balaban J connectivity index is 2.02. The van der Waals surface area contributed by atoms with Gasteiger partial charge in [-0.2, -0.15) is 5.10 Å². The maximum absolute atomic E-state index is 12.7. The normalized spacial score (nSPS) is 14.7. The Bertz CT molecular complexity index is 828. The maximum atomic E-state index is 12.7. The first-order valence-electron chi connectivity index (χ1n) is 7.23. The Labute approximate surface area is 135 Å². The van der Waals surface area contributed by atoms with Crippen molar-refractivity contribution in [1.29, 1.82) is 0 Å². The van der Waals surface area contributed by atoms with Crippen molar-refractivity contribution in [3.63, 3.8) is 0 Å². The zero-order chi connectivity index (χ0) is 15.9. The summed E-state index contributed by atoms with van der Waals surface area (Å²) in [6.45, 7) is 1.64. The van der Waals surface area contributed by atoms with Crippen molar-refractivity contribution in [3.8, 4) is 0 Å². The molecular weight excluding hydrogens is 322 g/mol. The van der Waals surface area contributed by atoms with E-state index < -0.39 is 10.0 Å². The molecule has 7 heteroatoms. The molecule has 0 bridgehead atoms. The SMILES string of the molecule is Cc1nn(C)c(Cl)c1S(=O)(=O)Nc1cccc2c1CCCC2.